The summed E-state index contributed by atoms with van der Waals surface area (Å²) in [4.78, 5) is 0. The van der Waals surface area contributed by atoms with Gasteiger partial charge in [0.25, 0.3) is 0 Å². The number of rotatable bonds is 12. The lowest BCUT2D eigenvalue weighted by Crippen LogP contribution is -2.14. The van der Waals surface area contributed by atoms with E-state index >= 15 is 0 Å². The third kappa shape index (κ3) is 9.41. The quantitative estimate of drug-likeness (QED) is 0.206. The van der Waals surface area contributed by atoms with Gasteiger partial charge in [0.2, 0.25) is 0 Å². The number of hydrogen-bond donors (Lipinski definition) is 0. The molecule has 0 unspecified atom stereocenters. The molecule has 0 aromatic heterocycles. The average molecular weight is 378 g/mol. The summed E-state index contributed by atoms with van der Waals surface area (Å²) in [5, 5.41) is 8.45. The number of unbranched alkanes of at least 4 members (excludes halogenated alkanes) is 2. The first-order chi connectivity index (χ1) is 13.8. The lowest BCUT2D eigenvalue weighted by atomic mass is 9.78. The summed E-state index contributed by atoms with van der Waals surface area (Å²) in [6.45, 7) is 2.26. The number of nitriles is 1. The second kappa shape index (κ2) is 14.2. The van der Waals surface area contributed by atoms with Crippen molar-refractivity contribution in [1.82, 2.24) is 0 Å². The van der Waals surface area contributed by atoms with Crippen LogP contribution in [0.2, 0.25) is 0 Å². The molecule has 2 rings (SSSR count). The van der Waals surface area contributed by atoms with E-state index in [1.165, 1.54) is 94.3 Å². The van der Waals surface area contributed by atoms with Crippen molar-refractivity contribution in [3.05, 3.63) is 59.7 Å². The second-order valence-corrected chi connectivity index (χ2v) is 8.55. The summed E-state index contributed by atoms with van der Waals surface area (Å²) in [7, 11) is 0. The van der Waals surface area contributed by atoms with Crippen LogP contribution in [0.1, 0.15) is 88.7 Å². The van der Waals surface area contributed by atoms with Crippen molar-refractivity contribution in [3.8, 4) is 6.07 Å². The molecule has 0 amide bonds. The van der Waals surface area contributed by atoms with Gasteiger partial charge in [0.1, 0.15) is 0 Å². The van der Waals surface area contributed by atoms with Crippen molar-refractivity contribution >= 4 is 0 Å². The van der Waals surface area contributed by atoms with Gasteiger partial charge in [-0.15, -0.1) is 0 Å². The van der Waals surface area contributed by atoms with Crippen molar-refractivity contribution in [2.75, 3.05) is 0 Å². The Morgan fingerprint density at radius 1 is 0.857 bits per heavy atom. The average Bonchev–Trinajstić information content (AvgIpc) is 2.74. The highest BCUT2D eigenvalue weighted by Gasteiger charge is 2.20. The molecule has 0 spiro atoms. The Balaban J connectivity index is 1.52. The van der Waals surface area contributed by atoms with E-state index in [2.05, 4.69) is 37.3 Å². The SMILES string of the molecule is CCCCc1ccc(CCCC[C@H]2CC[C@H](CC/C=C/C=C/C#N)CC2)cc1. The molecule has 0 aliphatic heterocycles. The molecule has 1 aromatic rings. The lowest BCUT2D eigenvalue weighted by Gasteiger charge is -2.28. The van der Waals surface area contributed by atoms with Gasteiger partial charge in [-0.1, -0.05) is 94.4 Å². The zero-order valence-corrected chi connectivity index (χ0v) is 17.9. The summed E-state index contributed by atoms with van der Waals surface area (Å²) < 4.78 is 0. The van der Waals surface area contributed by atoms with Crippen LogP contribution in [0.15, 0.2) is 48.6 Å². The summed E-state index contributed by atoms with van der Waals surface area (Å²) >= 11 is 0. The second-order valence-electron chi connectivity index (χ2n) is 8.55. The third-order valence-corrected chi connectivity index (χ3v) is 6.30. The highest BCUT2D eigenvalue weighted by atomic mass is 14.3. The topological polar surface area (TPSA) is 23.8 Å². The fraction of sp³-hybridized carbons (Fsp3) is 0.593. The van der Waals surface area contributed by atoms with E-state index in [1.807, 2.05) is 18.2 Å². The highest BCUT2D eigenvalue weighted by molar-refractivity contribution is 5.22. The number of nitrogens with zero attached hydrogens (tertiary/aromatic N) is 1. The van der Waals surface area contributed by atoms with Crippen molar-refractivity contribution in [1.29, 1.82) is 5.26 Å². The van der Waals surface area contributed by atoms with Gasteiger partial charge in [0, 0.05) is 6.08 Å². The largest absolute Gasteiger partial charge is 0.193 e. The Labute approximate surface area is 173 Å². The van der Waals surface area contributed by atoms with E-state index in [-0.39, 0.29) is 0 Å². The Morgan fingerprint density at radius 3 is 2.07 bits per heavy atom. The predicted molar refractivity (Wildman–Crippen MR) is 121 cm³/mol. The molecule has 0 heterocycles. The number of allylic oxidation sites excluding steroid dienone is 4. The number of benzene rings is 1. The summed E-state index contributed by atoms with van der Waals surface area (Å²) in [5.74, 6) is 1.90. The molecule has 0 radical (unpaired) electrons. The molecule has 1 aromatic carbocycles. The van der Waals surface area contributed by atoms with E-state index in [4.69, 9.17) is 5.26 Å². The maximum absolute atomic E-state index is 8.45. The molecular formula is C27H39N. The van der Waals surface area contributed by atoms with Gasteiger partial charge >= 0.3 is 0 Å². The summed E-state index contributed by atoms with van der Waals surface area (Å²) in [6.07, 6.45) is 25.0. The van der Waals surface area contributed by atoms with E-state index in [9.17, 15) is 0 Å². The van der Waals surface area contributed by atoms with Crippen LogP contribution in [0, 0.1) is 23.2 Å². The van der Waals surface area contributed by atoms with Crippen LogP contribution in [0.5, 0.6) is 0 Å². The first-order valence-corrected chi connectivity index (χ1v) is 11.6. The first-order valence-electron chi connectivity index (χ1n) is 11.6. The van der Waals surface area contributed by atoms with E-state index in [0.717, 1.165) is 18.3 Å². The number of aryl methyl sites for hydroxylation is 2. The molecule has 0 N–H and O–H groups in total. The normalized spacial score (nSPS) is 20.0. The van der Waals surface area contributed by atoms with Gasteiger partial charge in [0.05, 0.1) is 6.07 Å². The molecule has 28 heavy (non-hydrogen) atoms. The first kappa shape index (κ1) is 22.5. The smallest absolute Gasteiger partial charge is 0.0912 e. The van der Waals surface area contributed by atoms with E-state index in [0.29, 0.717) is 0 Å². The molecule has 1 aliphatic rings. The maximum atomic E-state index is 8.45. The minimum absolute atomic E-state index is 0.923. The zero-order chi connectivity index (χ0) is 19.9. The standard InChI is InChI=1S/C27H39N/c1-2-3-11-24-15-17-26(18-16-24)13-8-9-14-27-21-19-25(20-22-27)12-7-5-4-6-10-23-28/h4-6,10,15-18,25,27H,2-3,7-9,11-14,19-22H2,1H3/b5-4+,10-6+/t25-,27-. The molecule has 1 nitrogen and oxygen atoms in total. The van der Waals surface area contributed by atoms with Gasteiger partial charge in [-0.3, -0.25) is 0 Å². The Bertz CT molecular complexity index is 609. The molecule has 152 valence electrons. The van der Waals surface area contributed by atoms with Crippen molar-refractivity contribution in [2.24, 2.45) is 11.8 Å². The van der Waals surface area contributed by atoms with Crippen LogP contribution in [-0.2, 0) is 12.8 Å². The van der Waals surface area contributed by atoms with Crippen LogP contribution < -0.4 is 0 Å². The van der Waals surface area contributed by atoms with Crippen LogP contribution in [-0.4, -0.2) is 0 Å². The van der Waals surface area contributed by atoms with Crippen LogP contribution >= 0.6 is 0 Å². The van der Waals surface area contributed by atoms with Gasteiger partial charge in [-0.25, -0.2) is 0 Å². The fourth-order valence-electron chi connectivity index (χ4n) is 4.43. The summed E-state index contributed by atoms with van der Waals surface area (Å²) in [6, 6.07) is 11.4. The van der Waals surface area contributed by atoms with E-state index < -0.39 is 0 Å². The van der Waals surface area contributed by atoms with Gasteiger partial charge < -0.3 is 0 Å². The lowest BCUT2D eigenvalue weighted by molar-refractivity contribution is 0.250. The van der Waals surface area contributed by atoms with Gasteiger partial charge in [-0.2, -0.15) is 5.26 Å². The van der Waals surface area contributed by atoms with E-state index in [1.54, 1.807) is 0 Å². The number of hydrogen-bond acceptors (Lipinski definition) is 1. The van der Waals surface area contributed by atoms with Crippen LogP contribution in [0.25, 0.3) is 0 Å². The van der Waals surface area contributed by atoms with Crippen molar-refractivity contribution < 1.29 is 0 Å². The molecule has 1 heteroatoms. The molecule has 1 fully saturated rings. The third-order valence-electron chi connectivity index (χ3n) is 6.30. The van der Waals surface area contributed by atoms with Gasteiger partial charge in [-0.05, 0) is 61.5 Å². The maximum Gasteiger partial charge on any atom is 0.0912 e. The predicted octanol–water partition coefficient (Wildman–Crippen LogP) is 7.96. The van der Waals surface area contributed by atoms with Crippen molar-refractivity contribution in [3.63, 3.8) is 0 Å². The molecule has 1 aliphatic carbocycles. The monoisotopic (exact) mass is 377 g/mol. The van der Waals surface area contributed by atoms with Crippen LogP contribution in [0.4, 0.5) is 0 Å². The Hall–Kier alpha value is -1.81. The highest BCUT2D eigenvalue weighted by Crippen LogP contribution is 2.34. The Morgan fingerprint density at radius 2 is 1.46 bits per heavy atom. The van der Waals surface area contributed by atoms with Crippen molar-refractivity contribution in [2.45, 2.75) is 90.4 Å². The van der Waals surface area contributed by atoms with Crippen LogP contribution in [0.3, 0.4) is 0 Å². The molecule has 1 saturated carbocycles. The Kier molecular flexibility index (Phi) is 11.4. The molecule has 0 bridgehead atoms. The minimum Gasteiger partial charge on any atom is -0.193 e. The zero-order valence-electron chi connectivity index (χ0n) is 17.9. The minimum atomic E-state index is 0.923. The molecule has 0 atom stereocenters. The fourth-order valence-corrected chi connectivity index (χ4v) is 4.43. The molecule has 0 saturated heterocycles. The van der Waals surface area contributed by atoms with Gasteiger partial charge in [0.15, 0.2) is 0 Å². The molecular weight excluding hydrogens is 338 g/mol. The summed E-state index contributed by atoms with van der Waals surface area (Å²) in [5.41, 5.74) is 3.01.